The standard InChI is InChI=1S/C20H19ClN2O3S/c1-13-4-8-18(19(10-13)27(3,25)26)23(14(2)24)12-15-5-6-16-7-9-20(21)22-17(16)11-15/h4-11H,12H2,1-3H3. The number of fused-ring (bicyclic) bond motifs is 1. The summed E-state index contributed by atoms with van der Waals surface area (Å²) in [5, 5.41) is 1.32. The van der Waals surface area contributed by atoms with Crippen molar-refractivity contribution in [3.63, 3.8) is 0 Å². The van der Waals surface area contributed by atoms with Gasteiger partial charge in [0.05, 0.1) is 22.6 Å². The van der Waals surface area contributed by atoms with Crippen LogP contribution in [0.4, 0.5) is 5.69 Å². The Labute approximate surface area is 163 Å². The molecule has 0 bridgehead atoms. The lowest BCUT2D eigenvalue weighted by atomic mass is 10.1. The van der Waals surface area contributed by atoms with Gasteiger partial charge < -0.3 is 4.90 Å². The van der Waals surface area contributed by atoms with Crippen LogP contribution in [0.2, 0.25) is 5.15 Å². The summed E-state index contributed by atoms with van der Waals surface area (Å²) in [7, 11) is -3.49. The number of aryl methyl sites for hydroxylation is 1. The van der Waals surface area contributed by atoms with Gasteiger partial charge in [-0.25, -0.2) is 13.4 Å². The number of amides is 1. The minimum atomic E-state index is -3.49. The van der Waals surface area contributed by atoms with Crippen molar-refractivity contribution < 1.29 is 13.2 Å². The third-order valence-electron chi connectivity index (χ3n) is 4.25. The molecule has 5 nitrogen and oxygen atoms in total. The van der Waals surface area contributed by atoms with Crippen LogP contribution in [0.25, 0.3) is 10.9 Å². The molecule has 0 saturated carbocycles. The zero-order valence-electron chi connectivity index (χ0n) is 15.2. The number of rotatable bonds is 4. The monoisotopic (exact) mass is 402 g/mol. The number of carbonyl (C=O) groups excluding carboxylic acids is 1. The summed E-state index contributed by atoms with van der Waals surface area (Å²) in [6.07, 6.45) is 1.14. The van der Waals surface area contributed by atoms with Gasteiger partial charge >= 0.3 is 0 Å². The third kappa shape index (κ3) is 4.28. The van der Waals surface area contributed by atoms with Crippen LogP contribution >= 0.6 is 11.6 Å². The highest BCUT2D eigenvalue weighted by Crippen LogP contribution is 2.28. The zero-order chi connectivity index (χ0) is 19.8. The number of nitrogens with zero attached hydrogens (tertiary/aromatic N) is 2. The van der Waals surface area contributed by atoms with E-state index in [0.717, 1.165) is 28.3 Å². The molecule has 0 fully saturated rings. The lowest BCUT2D eigenvalue weighted by Crippen LogP contribution is -2.29. The average Bonchev–Trinajstić information content (AvgIpc) is 2.58. The van der Waals surface area contributed by atoms with Crippen LogP contribution in [0.5, 0.6) is 0 Å². The van der Waals surface area contributed by atoms with Gasteiger partial charge in [0.15, 0.2) is 9.84 Å². The molecule has 0 aliphatic heterocycles. The van der Waals surface area contributed by atoms with Gasteiger partial charge in [0.25, 0.3) is 0 Å². The first-order valence-corrected chi connectivity index (χ1v) is 10.6. The fourth-order valence-electron chi connectivity index (χ4n) is 2.93. The summed E-state index contributed by atoms with van der Waals surface area (Å²) >= 11 is 5.97. The van der Waals surface area contributed by atoms with Gasteiger partial charge in [0, 0.05) is 18.6 Å². The van der Waals surface area contributed by atoms with E-state index >= 15 is 0 Å². The van der Waals surface area contributed by atoms with E-state index in [1.165, 1.54) is 11.8 Å². The van der Waals surface area contributed by atoms with Crippen LogP contribution in [0, 0.1) is 6.92 Å². The van der Waals surface area contributed by atoms with E-state index in [1.807, 2.05) is 31.2 Å². The van der Waals surface area contributed by atoms with Crippen LogP contribution < -0.4 is 4.90 Å². The first-order valence-electron chi connectivity index (χ1n) is 8.29. The molecule has 2 aromatic carbocycles. The Hall–Kier alpha value is -2.44. The van der Waals surface area contributed by atoms with Crippen LogP contribution in [0.15, 0.2) is 53.4 Å². The topological polar surface area (TPSA) is 67.3 Å². The molecule has 0 atom stereocenters. The number of carbonyl (C=O) groups is 1. The number of halogens is 1. The number of anilines is 1. The fourth-order valence-corrected chi connectivity index (χ4v) is 4.04. The third-order valence-corrected chi connectivity index (χ3v) is 5.59. The van der Waals surface area contributed by atoms with Crippen molar-refractivity contribution >= 4 is 43.9 Å². The fraction of sp³-hybridized carbons (Fsp3) is 0.200. The van der Waals surface area contributed by atoms with E-state index in [-0.39, 0.29) is 17.3 Å². The maximum Gasteiger partial charge on any atom is 0.224 e. The van der Waals surface area contributed by atoms with Crippen molar-refractivity contribution in [3.05, 3.63) is 64.8 Å². The van der Waals surface area contributed by atoms with E-state index in [4.69, 9.17) is 11.6 Å². The molecule has 3 rings (SSSR count). The highest BCUT2D eigenvalue weighted by molar-refractivity contribution is 7.90. The minimum Gasteiger partial charge on any atom is -0.307 e. The molecule has 1 heterocycles. The Morgan fingerprint density at radius 3 is 2.48 bits per heavy atom. The number of pyridine rings is 1. The molecule has 1 amide bonds. The average molecular weight is 403 g/mol. The summed E-state index contributed by atoms with van der Waals surface area (Å²) in [6.45, 7) is 3.46. The lowest BCUT2D eigenvalue weighted by Gasteiger charge is -2.24. The van der Waals surface area contributed by atoms with Gasteiger partial charge in [-0.15, -0.1) is 0 Å². The second kappa shape index (κ2) is 7.29. The van der Waals surface area contributed by atoms with Crippen LogP contribution in [-0.4, -0.2) is 25.6 Å². The summed E-state index contributed by atoms with van der Waals surface area (Å²) in [4.78, 5) is 18.2. The molecule has 0 N–H and O–H groups in total. The van der Waals surface area contributed by atoms with E-state index in [0.29, 0.717) is 10.8 Å². The van der Waals surface area contributed by atoms with Gasteiger partial charge in [0.1, 0.15) is 5.15 Å². The Balaban J connectivity index is 2.07. The quantitative estimate of drug-likeness (QED) is 0.615. The summed E-state index contributed by atoms with van der Waals surface area (Å²) in [5.74, 6) is -0.247. The SMILES string of the molecule is CC(=O)N(Cc1ccc2ccc(Cl)nc2c1)c1ccc(C)cc1S(C)(=O)=O. The van der Waals surface area contributed by atoms with Crippen molar-refractivity contribution in [3.8, 4) is 0 Å². The second-order valence-corrected chi connectivity index (χ2v) is 8.88. The molecule has 0 saturated heterocycles. The number of hydrogen-bond acceptors (Lipinski definition) is 4. The van der Waals surface area contributed by atoms with Crippen molar-refractivity contribution in [1.29, 1.82) is 0 Å². The second-order valence-electron chi connectivity index (χ2n) is 6.51. The number of aromatic nitrogens is 1. The maximum absolute atomic E-state index is 12.3. The first-order chi connectivity index (χ1) is 12.6. The molecule has 7 heteroatoms. The van der Waals surface area contributed by atoms with Crippen LogP contribution in [0.3, 0.4) is 0 Å². The smallest absolute Gasteiger partial charge is 0.224 e. The Morgan fingerprint density at radius 1 is 1.11 bits per heavy atom. The highest BCUT2D eigenvalue weighted by atomic mass is 35.5. The van der Waals surface area contributed by atoms with Gasteiger partial charge in [-0.1, -0.05) is 29.8 Å². The number of hydrogen-bond donors (Lipinski definition) is 0. The molecule has 0 aliphatic carbocycles. The Bertz CT molecular complexity index is 1140. The van der Waals surface area contributed by atoms with Crippen molar-refractivity contribution in [2.45, 2.75) is 25.3 Å². The van der Waals surface area contributed by atoms with Gasteiger partial charge in [-0.05, 0) is 48.4 Å². The number of benzene rings is 2. The predicted molar refractivity (Wildman–Crippen MR) is 108 cm³/mol. The largest absolute Gasteiger partial charge is 0.307 e. The molecule has 0 aliphatic rings. The van der Waals surface area contributed by atoms with E-state index in [1.54, 1.807) is 24.3 Å². The molecule has 140 valence electrons. The van der Waals surface area contributed by atoms with Gasteiger partial charge in [-0.2, -0.15) is 0 Å². The molecule has 0 radical (unpaired) electrons. The molecular formula is C20H19ClN2O3S. The molecule has 1 aromatic heterocycles. The molecule has 27 heavy (non-hydrogen) atoms. The van der Waals surface area contributed by atoms with Crippen LogP contribution in [0.1, 0.15) is 18.1 Å². The van der Waals surface area contributed by atoms with Gasteiger partial charge in [-0.3, -0.25) is 4.79 Å². The van der Waals surface area contributed by atoms with Gasteiger partial charge in [0.2, 0.25) is 5.91 Å². The van der Waals surface area contributed by atoms with E-state index in [2.05, 4.69) is 4.98 Å². The summed E-state index contributed by atoms with van der Waals surface area (Å²) < 4.78 is 24.5. The number of sulfone groups is 1. The normalized spacial score (nSPS) is 11.6. The van der Waals surface area contributed by atoms with Crippen molar-refractivity contribution in [2.24, 2.45) is 0 Å². The Morgan fingerprint density at radius 2 is 1.81 bits per heavy atom. The molecule has 3 aromatic rings. The van der Waals surface area contributed by atoms with E-state index in [9.17, 15) is 13.2 Å². The minimum absolute atomic E-state index is 0.139. The summed E-state index contributed by atoms with van der Waals surface area (Å²) in [5.41, 5.74) is 2.73. The van der Waals surface area contributed by atoms with Crippen molar-refractivity contribution in [2.75, 3.05) is 11.2 Å². The Kier molecular flexibility index (Phi) is 5.22. The first kappa shape index (κ1) is 19.3. The van der Waals surface area contributed by atoms with Crippen molar-refractivity contribution in [1.82, 2.24) is 4.98 Å². The van der Waals surface area contributed by atoms with E-state index < -0.39 is 9.84 Å². The highest BCUT2D eigenvalue weighted by Gasteiger charge is 2.21. The zero-order valence-corrected chi connectivity index (χ0v) is 16.8. The summed E-state index contributed by atoms with van der Waals surface area (Å²) in [6, 6.07) is 14.3. The lowest BCUT2D eigenvalue weighted by molar-refractivity contribution is -0.116. The maximum atomic E-state index is 12.3. The van der Waals surface area contributed by atoms with Crippen LogP contribution in [-0.2, 0) is 21.2 Å². The molecule has 0 spiro atoms. The predicted octanol–water partition coefficient (Wildman–Crippen LogP) is 4.15. The molecular weight excluding hydrogens is 384 g/mol. The molecule has 0 unspecified atom stereocenters.